The monoisotopic (exact) mass is 236 g/mol. The first kappa shape index (κ1) is 12.1. The predicted molar refractivity (Wildman–Crippen MR) is 61.9 cm³/mol. The van der Waals surface area contributed by atoms with E-state index >= 15 is 0 Å². The van der Waals surface area contributed by atoms with Crippen LogP contribution in [0.2, 0.25) is 0 Å². The molecular weight excluding hydrogens is 220 g/mol. The first-order valence-electron chi connectivity index (χ1n) is 4.88. The fraction of sp³-hybridized carbons (Fsp3) is 0.889. The molecule has 5 heteroatoms. The zero-order valence-electron chi connectivity index (χ0n) is 8.12. The summed E-state index contributed by atoms with van der Waals surface area (Å²) in [5.41, 5.74) is 5.29. The molecule has 2 rings (SSSR count). The lowest BCUT2D eigenvalue weighted by molar-refractivity contribution is -0.124. The van der Waals surface area contributed by atoms with Crippen LogP contribution in [0.3, 0.4) is 0 Å². The van der Waals surface area contributed by atoms with Gasteiger partial charge in [0.25, 0.3) is 0 Å². The predicted octanol–water partition coefficient (Wildman–Crippen LogP) is 0.911. The molecule has 1 saturated heterocycles. The zero-order chi connectivity index (χ0) is 9.31. The van der Waals surface area contributed by atoms with Gasteiger partial charge in [-0.3, -0.25) is 4.79 Å². The number of nitrogens with one attached hydrogen (secondary N) is 1. The first-order chi connectivity index (χ1) is 6.21. The Labute approximate surface area is 95.0 Å². The van der Waals surface area contributed by atoms with Crippen LogP contribution in [0.25, 0.3) is 0 Å². The third kappa shape index (κ3) is 2.78. The average Bonchev–Trinajstić information content (AvgIpc) is 2.87. The molecule has 1 aliphatic carbocycles. The third-order valence-corrected chi connectivity index (χ3v) is 3.85. The van der Waals surface area contributed by atoms with E-state index in [-0.39, 0.29) is 18.3 Å². The SMILES string of the molecule is Cl.NC1(C(=O)NC2CCSCC2)CC1. The highest BCUT2D eigenvalue weighted by Gasteiger charge is 2.46. The second kappa shape index (κ2) is 4.73. The topological polar surface area (TPSA) is 55.1 Å². The molecule has 2 fully saturated rings. The number of hydrogen-bond acceptors (Lipinski definition) is 3. The van der Waals surface area contributed by atoms with Crippen LogP contribution in [-0.2, 0) is 4.79 Å². The van der Waals surface area contributed by atoms with Crippen LogP contribution < -0.4 is 11.1 Å². The molecule has 1 heterocycles. The summed E-state index contributed by atoms with van der Waals surface area (Å²) in [6.45, 7) is 0. The van der Waals surface area contributed by atoms with Crippen molar-refractivity contribution in [2.75, 3.05) is 11.5 Å². The van der Waals surface area contributed by atoms with Gasteiger partial charge in [0.2, 0.25) is 5.91 Å². The molecule has 14 heavy (non-hydrogen) atoms. The molecule has 2 aliphatic rings. The molecular formula is C9H17ClN2OS. The summed E-state index contributed by atoms with van der Waals surface area (Å²) in [4.78, 5) is 11.6. The quantitative estimate of drug-likeness (QED) is 0.750. The molecule has 0 aromatic rings. The molecule has 82 valence electrons. The first-order valence-corrected chi connectivity index (χ1v) is 6.04. The van der Waals surface area contributed by atoms with Gasteiger partial charge in [-0.2, -0.15) is 11.8 Å². The van der Waals surface area contributed by atoms with Crippen LogP contribution >= 0.6 is 24.2 Å². The molecule has 3 nitrogen and oxygen atoms in total. The van der Waals surface area contributed by atoms with E-state index < -0.39 is 5.54 Å². The maximum Gasteiger partial charge on any atom is 0.240 e. The van der Waals surface area contributed by atoms with Crippen molar-refractivity contribution in [2.45, 2.75) is 37.3 Å². The Balaban J connectivity index is 0.000000980. The summed E-state index contributed by atoms with van der Waals surface area (Å²) in [6.07, 6.45) is 3.93. The van der Waals surface area contributed by atoms with Crippen molar-refractivity contribution in [1.29, 1.82) is 0 Å². The minimum Gasteiger partial charge on any atom is -0.352 e. The maximum absolute atomic E-state index is 11.6. The number of thioether (sulfide) groups is 1. The number of amides is 1. The van der Waals surface area contributed by atoms with Crippen LogP contribution in [0, 0.1) is 0 Å². The lowest BCUT2D eigenvalue weighted by atomic mass is 10.1. The van der Waals surface area contributed by atoms with Gasteiger partial charge in [-0.15, -0.1) is 12.4 Å². The largest absolute Gasteiger partial charge is 0.352 e. The van der Waals surface area contributed by atoms with Crippen molar-refractivity contribution < 1.29 is 4.79 Å². The second-order valence-electron chi connectivity index (χ2n) is 4.02. The Hall–Kier alpha value is 0.0700. The molecule has 0 bridgehead atoms. The van der Waals surface area contributed by atoms with E-state index in [2.05, 4.69) is 5.32 Å². The Morgan fingerprint density at radius 3 is 2.43 bits per heavy atom. The molecule has 1 saturated carbocycles. The minimum atomic E-state index is -0.495. The Morgan fingerprint density at radius 2 is 1.93 bits per heavy atom. The van der Waals surface area contributed by atoms with Crippen LogP contribution in [-0.4, -0.2) is 29.0 Å². The lowest BCUT2D eigenvalue weighted by Gasteiger charge is -2.24. The van der Waals surface area contributed by atoms with Gasteiger partial charge in [-0.25, -0.2) is 0 Å². The van der Waals surface area contributed by atoms with Gasteiger partial charge in [0.05, 0.1) is 5.54 Å². The van der Waals surface area contributed by atoms with Gasteiger partial charge in [-0.1, -0.05) is 0 Å². The Bertz CT molecular complexity index is 215. The smallest absolute Gasteiger partial charge is 0.240 e. The van der Waals surface area contributed by atoms with Gasteiger partial charge in [0.1, 0.15) is 0 Å². The third-order valence-electron chi connectivity index (χ3n) is 2.80. The van der Waals surface area contributed by atoms with E-state index in [4.69, 9.17) is 5.73 Å². The molecule has 0 radical (unpaired) electrons. The fourth-order valence-electron chi connectivity index (χ4n) is 1.53. The van der Waals surface area contributed by atoms with E-state index in [1.165, 1.54) is 11.5 Å². The highest BCUT2D eigenvalue weighted by Crippen LogP contribution is 2.32. The lowest BCUT2D eigenvalue weighted by Crippen LogP contribution is -2.48. The minimum absolute atomic E-state index is 0. The Morgan fingerprint density at radius 1 is 1.36 bits per heavy atom. The van der Waals surface area contributed by atoms with Gasteiger partial charge >= 0.3 is 0 Å². The van der Waals surface area contributed by atoms with E-state index in [1.807, 2.05) is 11.8 Å². The van der Waals surface area contributed by atoms with Crippen LogP contribution in [0.4, 0.5) is 0 Å². The number of carbonyl (C=O) groups excluding carboxylic acids is 1. The van der Waals surface area contributed by atoms with Crippen LogP contribution in [0.5, 0.6) is 0 Å². The number of halogens is 1. The van der Waals surface area contributed by atoms with Crippen molar-refractivity contribution in [2.24, 2.45) is 5.73 Å². The molecule has 0 atom stereocenters. The number of rotatable bonds is 2. The molecule has 1 amide bonds. The van der Waals surface area contributed by atoms with E-state index in [0.717, 1.165) is 25.7 Å². The van der Waals surface area contributed by atoms with E-state index in [1.54, 1.807) is 0 Å². The zero-order valence-corrected chi connectivity index (χ0v) is 9.76. The van der Waals surface area contributed by atoms with E-state index in [0.29, 0.717) is 6.04 Å². The van der Waals surface area contributed by atoms with Crippen molar-refractivity contribution in [3.05, 3.63) is 0 Å². The number of nitrogens with two attached hydrogens (primary N) is 1. The summed E-state index contributed by atoms with van der Waals surface area (Å²) in [6, 6.07) is 0.384. The van der Waals surface area contributed by atoms with Gasteiger partial charge in [0.15, 0.2) is 0 Å². The van der Waals surface area contributed by atoms with Gasteiger partial charge in [0, 0.05) is 6.04 Å². The summed E-state index contributed by atoms with van der Waals surface area (Å²) in [5, 5.41) is 3.04. The summed E-state index contributed by atoms with van der Waals surface area (Å²) in [5.74, 6) is 2.41. The van der Waals surface area contributed by atoms with Gasteiger partial charge in [-0.05, 0) is 37.2 Å². The summed E-state index contributed by atoms with van der Waals surface area (Å²) >= 11 is 1.97. The number of carbonyl (C=O) groups is 1. The summed E-state index contributed by atoms with van der Waals surface area (Å²) in [7, 11) is 0. The van der Waals surface area contributed by atoms with Gasteiger partial charge < -0.3 is 11.1 Å². The van der Waals surface area contributed by atoms with Crippen LogP contribution in [0.1, 0.15) is 25.7 Å². The molecule has 0 unspecified atom stereocenters. The normalized spacial score (nSPS) is 24.9. The maximum atomic E-state index is 11.6. The highest BCUT2D eigenvalue weighted by atomic mass is 35.5. The number of hydrogen-bond donors (Lipinski definition) is 2. The molecule has 3 N–H and O–H groups in total. The Kier molecular flexibility index (Phi) is 4.10. The molecule has 0 aromatic heterocycles. The van der Waals surface area contributed by atoms with Crippen molar-refractivity contribution >= 4 is 30.1 Å². The standard InChI is InChI=1S/C9H16N2OS.ClH/c10-9(3-4-9)8(12)11-7-1-5-13-6-2-7;/h7H,1-6,10H2,(H,11,12);1H. The highest BCUT2D eigenvalue weighted by molar-refractivity contribution is 7.99. The molecule has 0 spiro atoms. The van der Waals surface area contributed by atoms with E-state index in [9.17, 15) is 4.79 Å². The summed E-state index contributed by atoms with van der Waals surface area (Å²) < 4.78 is 0. The van der Waals surface area contributed by atoms with Crippen LogP contribution in [0.15, 0.2) is 0 Å². The fourth-order valence-corrected chi connectivity index (χ4v) is 2.64. The van der Waals surface area contributed by atoms with Crippen molar-refractivity contribution in [3.8, 4) is 0 Å². The average molecular weight is 237 g/mol. The van der Waals surface area contributed by atoms with Crippen molar-refractivity contribution in [3.63, 3.8) is 0 Å². The van der Waals surface area contributed by atoms with Crippen molar-refractivity contribution in [1.82, 2.24) is 5.32 Å². The molecule has 1 aliphatic heterocycles. The second-order valence-corrected chi connectivity index (χ2v) is 5.24. The molecule has 0 aromatic carbocycles.